The van der Waals surface area contributed by atoms with Gasteiger partial charge in [-0.2, -0.15) is 5.10 Å². The number of aromatic nitrogens is 4. The summed E-state index contributed by atoms with van der Waals surface area (Å²) < 4.78 is 9.63. The molecule has 0 amide bonds. The van der Waals surface area contributed by atoms with Crippen LogP contribution in [0.4, 0.5) is 0 Å². The lowest BCUT2D eigenvalue weighted by Gasteiger charge is -2.11. The SMILES string of the molecule is [2H]C(C)(C)n1nccc1-c1nccnc1CCl. The molecule has 0 N–H and O–H groups in total. The Balaban J connectivity index is 2.58. The fraction of sp³-hybridized carbons (Fsp3) is 0.364. The number of alkyl halides is 1. The molecular formula is C11H13ClN4. The summed E-state index contributed by atoms with van der Waals surface area (Å²) in [5.41, 5.74) is 2.13. The summed E-state index contributed by atoms with van der Waals surface area (Å²) in [6, 6.07) is 0.969. The lowest BCUT2D eigenvalue weighted by molar-refractivity contribution is 0.537. The molecular weight excluding hydrogens is 224 g/mol. The van der Waals surface area contributed by atoms with E-state index < -0.39 is 6.02 Å². The van der Waals surface area contributed by atoms with Gasteiger partial charge in [0.05, 0.1) is 18.6 Å². The summed E-state index contributed by atoms with van der Waals surface area (Å²) in [4.78, 5) is 8.45. The van der Waals surface area contributed by atoms with E-state index in [4.69, 9.17) is 13.0 Å². The van der Waals surface area contributed by atoms with Crippen molar-refractivity contribution >= 4 is 11.6 Å². The van der Waals surface area contributed by atoms with Gasteiger partial charge in [-0.05, 0) is 19.9 Å². The average molecular weight is 238 g/mol. The lowest BCUT2D eigenvalue weighted by atomic mass is 10.2. The van der Waals surface area contributed by atoms with Crippen molar-refractivity contribution in [2.75, 3.05) is 0 Å². The minimum atomic E-state index is -0.847. The molecule has 0 saturated carbocycles. The third-order valence-corrected chi connectivity index (χ3v) is 2.46. The van der Waals surface area contributed by atoms with E-state index in [1.807, 2.05) is 6.07 Å². The maximum Gasteiger partial charge on any atom is 0.111 e. The number of hydrogen-bond donors (Lipinski definition) is 0. The molecule has 84 valence electrons. The van der Waals surface area contributed by atoms with Crippen molar-refractivity contribution in [2.45, 2.75) is 25.7 Å². The van der Waals surface area contributed by atoms with E-state index in [9.17, 15) is 0 Å². The Hall–Kier alpha value is -1.42. The topological polar surface area (TPSA) is 43.6 Å². The van der Waals surface area contributed by atoms with Gasteiger partial charge in [0.15, 0.2) is 0 Å². The molecule has 2 rings (SSSR count). The predicted octanol–water partition coefficient (Wildman–Crippen LogP) is 2.66. The molecule has 0 fully saturated rings. The standard InChI is InChI=1S/C11H13ClN4/c1-8(2)16-10(3-4-15-16)11-9(7-12)13-5-6-14-11/h3-6,8H,7H2,1-2H3/i8D. The molecule has 5 heteroatoms. The Kier molecular flexibility index (Phi) is 2.82. The van der Waals surface area contributed by atoms with Gasteiger partial charge in [0.25, 0.3) is 0 Å². The van der Waals surface area contributed by atoms with Crippen LogP contribution < -0.4 is 0 Å². The van der Waals surface area contributed by atoms with Gasteiger partial charge in [0.1, 0.15) is 5.69 Å². The van der Waals surface area contributed by atoms with E-state index in [-0.39, 0.29) is 5.88 Å². The van der Waals surface area contributed by atoms with Gasteiger partial charge >= 0.3 is 0 Å². The minimum absolute atomic E-state index is 0.285. The molecule has 16 heavy (non-hydrogen) atoms. The number of hydrogen-bond acceptors (Lipinski definition) is 3. The van der Waals surface area contributed by atoms with Crippen LogP contribution >= 0.6 is 11.6 Å². The van der Waals surface area contributed by atoms with Crippen molar-refractivity contribution in [1.82, 2.24) is 19.7 Å². The minimum Gasteiger partial charge on any atom is -0.261 e. The second-order valence-corrected chi connectivity index (χ2v) is 3.83. The Bertz CT molecular complexity index is 518. The molecule has 0 aromatic carbocycles. The molecule has 0 aliphatic heterocycles. The molecule has 0 bridgehead atoms. The first kappa shape index (κ1) is 9.78. The summed E-state index contributed by atoms with van der Waals surface area (Å²) >= 11 is 5.84. The van der Waals surface area contributed by atoms with E-state index in [0.29, 0.717) is 11.4 Å². The van der Waals surface area contributed by atoms with Crippen LogP contribution in [0.15, 0.2) is 24.7 Å². The van der Waals surface area contributed by atoms with Crippen LogP contribution in [0, 0.1) is 0 Å². The zero-order valence-corrected chi connectivity index (χ0v) is 9.94. The number of nitrogens with zero attached hydrogens (tertiary/aromatic N) is 4. The molecule has 0 spiro atoms. The fourth-order valence-corrected chi connectivity index (χ4v) is 1.71. The first-order valence-electron chi connectivity index (χ1n) is 5.45. The van der Waals surface area contributed by atoms with Crippen LogP contribution in [0.5, 0.6) is 0 Å². The van der Waals surface area contributed by atoms with Crippen molar-refractivity contribution < 1.29 is 1.37 Å². The smallest absolute Gasteiger partial charge is 0.111 e. The zero-order valence-electron chi connectivity index (χ0n) is 10.2. The van der Waals surface area contributed by atoms with E-state index in [2.05, 4.69) is 15.1 Å². The van der Waals surface area contributed by atoms with E-state index in [1.165, 1.54) is 0 Å². The van der Waals surface area contributed by atoms with Gasteiger partial charge in [0, 0.05) is 24.6 Å². The van der Waals surface area contributed by atoms with Crippen molar-refractivity contribution in [2.24, 2.45) is 0 Å². The summed E-state index contributed by atoms with van der Waals surface area (Å²) in [6.07, 6.45) is 4.87. The molecule has 2 aromatic rings. The van der Waals surface area contributed by atoms with Gasteiger partial charge in [-0.3, -0.25) is 14.6 Å². The number of halogens is 1. The highest BCUT2D eigenvalue weighted by atomic mass is 35.5. The van der Waals surface area contributed by atoms with Gasteiger partial charge < -0.3 is 0 Å². The molecule has 2 heterocycles. The van der Waals surface area contributed by atoms with Crippen LogP contribution in [0.25, 0.3) is 11.4 Å². The maximum absolute atomic E-state index is 8.03. The monoisotopic (exact) mass is 237 g/mol. The molecule has 0 atom stereocenters. The van der Waals surface area contributed by atoms with Gasteiger partial charge in [0.2, 0.25) is 0 Å². The largest absolute Gasteiger partial charge is 0.261 e. The van der Waals surface area contributed by atoms with Crippen LogP contribution in [-0.2, 0) is 5.88 Å². The Labute approximate surface area is 101 Å². The van der Waals surface area contributed by atoms with Crippen molar-refractivity contribution in [3.05, 3.63) is 30.4 Å². The molecule has 0 unspecified atom stereocenters. The highest BCUT2D eigenvalue weighted by molar-refractivity contribution is 6.17. The highest BCUT2D eigenvalue weighted by Crippen LogP contribution is 2.22. The van der Waals surface area contributed by atoms with Gasteiger partial charge in [-0.15, -0.1) is 11.6 Å². The van der Waals surface area contributed by atoms with Crippen LogP contribution in [-0.4, -0.2) is 19.7 Å². The first-order chi connectivity index (χ1) is 8.04. The van der Waals surface area contributed by atoms with E-state index >= 15 is 0 Å². The van der Waals surface area contributed by atoms with Gasteiger partial charge in [-0.1, -0.05) is 0 Å². The number of rotatable bonds is 3. The molecule has 4 nitrogen and oxygen atoms in total. The molecule has 0 aliphatic rings. The van der Waals surface area contributed by atoms with Crippen LogP contribution in [0.1, 0.15) is 26.9 Å². The summed E-state index contributed by atoms with van der Waals surface area (Å²) in [7, 11) is 0. The summed E-state index contributed by atoms with van der Waals surface area (Å²) in [5.74, 6) is 0.285. The third kappa shape index (κ3) is 1.93. The summed E-state index contributed by atoms with van der Waals surface area (Å²) in [5, 5.41) is 4.16. The van der Waals surface area contributed by atoms with Crippen LogP contribution in [0.2, 0.25) is 0 Å². The second-order valence-electron chi connectivity index (χ2n) is 3.56. The molecule has 0 aliphatic carbocycles. The van der Waals surface area contributed by atoms with Gasteiger partial charge in [-0.25, -0.2) is 0 Å². The normalized spacial score (nSPS) is 12.6. The second kappa shape index (κ2) is 4.61. The zero-order chi connectivity index (χ0) is 12.5. The van der Waals surface area contributed by atoms with E-state index in [0.717, 1.165) is 5.69 Å². The third-order valence-electron chi connectivity index (χ3n) is 2.21. The predicted molar refractivity (Wildman–Crippen MR) is 63.2 cm³/mol. The molecule has 2 aromatic heterocycles. The quantitative estimate of drug-likeness (QED) is 0.771. The lowest BCUT2D eigenvalue weighted by Crippen LogP contribution is -2.06. The Morgan fingerprint density at radius 2 is 2.12 bits per heavy atom. The van der Waals surface area contributed by atoms with Crippen molar-refractivity contribution in [3.63, 3.8) is 0 Å². The average Bonchev–Trinajstić information content (AvgIpc) is 2.77. The fourth-order valence-electron chi connectivity index (χ4n) is 1.52. The van der Waals surface area contributed by atoms with Crippen LogP contribution in [0.3, 0.4) is 0 Å². The maximum atomic E-state index is 8.03. The van der Waals surface area contributed by atoms with Crippen molar-refractivity contribution in [1.29, 1.82) is 0 Å². The first-order valence-corrected chi connectivity index (χ1v) is 5.48. The van der Waals surface area contributed by atoms with E-state index in [1.54, 1.807) is 37.1 Å². The highest BCUT2D eigenvalue weighted by Gasteiger charge is 2.13. The molecule has 0 radical (unpaired) electrons. The van der Waals surface area contributed by atoms with Crippen molar-refractivity contribution in [3.8, 4) is 11.4 Å². The Morgan fingerprint density at radius 3 is 2.81 bits per heavy atom. The molecule has 0 saturated heterocycles. The Morgan fingerprint density at radius 1 is 1.38 bits per heavy atom. The summed E-state index contributed by atoms with van der Waals surface area (Å²) in [6.45, 7) is 3.53.